The Kier molecular flexibility index (Phi) is 4.64. The van der Waals surface area contributed by atoms with E-state index in [1.54, 1.807) is 6.08 Å². The molecular weight excluding hydrogens is 272 g/mol. The quantitative estimate of drug-likeness (QED) is 0.807. The van der Waals surface area contributed by atoms with Crippen LogP contribution in [0.4, 0.5) is 0 Å². The summed E-state index contributed by atoms with van der Waals surface area (Å²) in [6.07, 6.45) is 6.91. The number of hydrogen-bond acceptors (Lipinski definition) is 2. The van der Waals surface area contributed by atoms with Crippen molar-refractivity contribution >= 4 is 12.0 Å². The van der Waals surface area contributed by atoms with Gasteiger partial charge < -0.3 is 4.90 Å². The molecule has 2 heterocycles. The zero-order valence-electron chi connectivity index (χ0n) is 12.6. The number of likely N-dealkylation sites (tertiary alicyclic amines) is 1. The van der Waals surface area contributed by atoms with Crippen molar-refractivity contribution in [2.75, 3.05) is 13.1 Å². The van der Waals surface area contributed by atoms with E-state index in [1.807, 2.05) is 59.5 Å². The fraction of sp³-hybridized carbons (Fsp3) is 0.263. The molecule has 1 aliphatic rings. The van der Waals surface area contributed by atoms with Gasteiger partial charge >= 0.3 is 0 Å². The highest BCUT2D eigenvalue weighted by Crippen LogP contribution is 2.17. The molecule has 3 heteroatoms. The van der Waals surface area contributed by atoms with Gasteiger partial charge in [0.05, 0.1) is 11.4 Å². The van der Waals surface area contributed by atoms with E-state index in [1.165, 1.54) is 6.42 Å². The lowest BCUT2D eigenvalue weighted by atomic mass is 10.1. The number of benzene rings is 1. The average Bonchev–Trinajstić information content (AvgIpc) is 2.61. The minimum atomic E-state index is 0.0895. The second-order valence-electron chi connectivity index (χ2n) is 5.53. The van der Waals surface area contributed by atoms with Crippen LogP contribution in [0.3, 0.4) is 0 Å². The number of amides is 1. The number of carbonyl (C=O) groups excluding carboxylic acids is 1. The lowest BCUT2D eigenvalue weighted by Gasteiger charge is -2.25. The molecule has 3 nitrogen and oxygen atoms in total. The fourth-order valence-corrected chi connectivity index (χ4v) is 2.69. The Hall–Kier alpha value is -2.42. The van der Waals surface area contributed by atoms with E-state index >= 15 is 0 Å². The van der Waals surface area contributed by atoms with Crippen LogP contribution < -0.4 is 0 Å². The lowest BCUT2D eigenvalue weighted by Crippen LogP contribution is -2.34. The number of piperidine rings is 1. The maximum absolute atomic E-state index is 12.1. The molecule has 112 valence electrons. The third-order valence-electron chi connectivity index (χ3n) is 3.90. The smallest absolute Gasteiger partial charge is 0.246 e. The molecule has 1 fully saturated rings. The van der Waals surface area contributed by atoms with Crippen LogP contribution in [0, 0.1) is 0 Å². The summed E-state index contributed by atoms with van der Waals surface area (Å²) in [5.41, 5.74) is 2.82. The molecule has 0 N–H and O–H groups in total. The maximum atomic E-state index is 12.1. The zero-order valence-corrected chi connectivity index (χ0v) is 12.6. The van der Waals surface area contributed by atoms with Gasteiger partial charge in [-0.3, -0.25) is 4.79 Å². The van der Waals surface area contributed by atoms with Crippen molar-refractivity contribution in [3.8, 4) is 11.3 Å². The highest BCUT2D eigenvalue weighted by atomic mass is 16.2. The van der Waals surface area contributed by atoms with Crippen molar-refractivity contribution in [1.82, 2.24) is 9.88 Å². The number of nitrogens with zero attached hydrogens (tertiary/aromatic N) is 2. The van der Waals surface area contributed by atoms with Gasteiger partial charge in [0.15, 0.2) is 0 Å². The third kappa shape index (κ3) is 3.61. The van der Waals surface area contributed by atoms with Crippen molar-refractivity contribution in [2.24, 2.45) is 0 Å². The van der Waals surface area contributed by atoms with Gasteiger partial charge in [0.1, 0.15) is 0 Å². The number of carbonyl (C=O) groups is 1. The molecule has 1 aromatic heterocycles. The SMILES string of the molecule is O=C(/C=C/c1cccc(-c2ccccc2)n1)N1CCCCC1. The first-order valence-corrected chi connectivity index (χ1v) is 7.82. The van der Waals surface area contributed by atoms with E-state index in [0.29, 0.717) is 0 Å². The standard InChI is InChI=1S/C19H20N2O/c22-19(21-14-5-2-6-15-21)13-12-17-10-7-11-18(20-17)16-8-3-1-4-9-16/h1,3-4,7-13H,2,5-6,14-15H2/b13-12+. The number of rotatable bonds is 3. The minimum absolute atomic E-state index is 0.0895. The maximum Gasteiger partial charge on any atom is 0.246 e. The first-order valence-electron chi connectivity index (χ1n) is 7.82. The molecule has 0 spiro atoms. The van der Waals surface area contributed by atoms with Crippen molar-refractivity contribution in [2.45, 2.75) is 19.3 Å². The molecule has 1 aliphatic heterocycles. The van der Waals surface area contributed by atoms with Crippen molar-refractivity contribution in [3.05, 3.63) is 60.3 Å². The molecule has 1 saturated heterocycles. The molecular formula is C19H20N2O. The van der Waals surface area contributed by atoms with E-state index in [2.05, 4.69) is 4.98 Å². The topological polar surface area (TPSA) is 33.2 Å². The summed E-state index contributed by atoms with van der Waals surface area (Å²) in [6.45, 7) is 1.75. The van der Waals surface area contributed by atoms with Crippen molar-refractivity contribution in [1.29, 1.82) is 0 Å². The third-order valence-corrected chi connectivity index (χ3v) is 3.90. The van der Waals surface area contributed by atoms with E-state index in [0.717, 1.165) is 42.9 Å². The summed E-state index contributed by atoms with van der Waals surface area (Å²) in [5.74, 6) is 0.0895. The molecule has 1 aromatic carbocycles. The first-order chi connectivity index (χ1) is 10.8. The molecule has 0 atom stereocenters. The van der Waals surface area contributed by atoms with Gasteiger partial charge in [0.2, 0.25) is 5.91 Å². The highest BCUT2D eigenvalue weighted by molar-refractivity contribution is 5.91. The average molecular weight is 292 g/mol. The number of aromatic nitrogens is 1. The van der Waals surface area contributed by atoms with E-state index in [9.17, 15) is 4.79 Å². The fourth-order valence-electron chi connectivity index (χ4n) is 2.69. The molecule has 0 saturated carbocycles. The summed E-state index contributed by atoms with van der Waals surface area (Å²) < 4.78 is 0. The molecule has 2 aromatic rings. The summed E-state index contributed by atoms with van der Waals surface area (Å²) in [4.78, 5) is 18.7. The summed E-state index contributed by atoms with van der Waals surface area (Å²) >= 11 is 0. The van der Waals surface area contributed by atoms with Crippen LogP contribution in [-0.4, -0.2) is 28.9 Å². The molecule has 0 bridgehead atoms. The summed E-state index contributed by atoms with van der Waals surface area (Å²) in [7, 11) is 0. The normalized spacial score (nSPS) is 15.2. The van der Waals surface area contributed by atoms with Crippen LogP contribution in [0.1, 0.15) is 25.0 Å². The van der Waals surface area contributed by atoms with Gasteiger partial charge in [0.25, 0.3) is 0 Å². The van der Waals surface area contributed by atoms with Crippen molar-refractivity contribution in [3.63, 3.8) is 0 Å². The largest absolute Gasteiger partial charge is 0.339 e. The van der Waals surface area contributed by atoms with Crippen LogP contribution in [-0.2, 0) is 4.79 Å². The van der Waals surface area contributed by atoms with Gasteiger partial charge in [-0.15, -0.1) is 0 Å². The lowest BCUT2D eigenvalue weighted by molar-refractivity contribution is -0.126. The molecule has 0 aliphatic carbocycles. The molecule has 1 amide bonds. The highest BCUT2D eigenvalue weighted by Gasteiger charge is 2.13. The molecule has 3 rings (SSSR count). The summed E-state index contributed by atoms with van der Waals surface area (Å²) in [5, 5.41) is 0. The van der Waals surface area contributed by atoms with Gasteiger partial charge in [-0.05, 0) is 37.5 Å². The summed E-state index contributed by atoms with van der Waals surface area (Å²) in [6, 6.07) is 15.9. The Morgan fingerprint density at radius 3 is 2.50 bits per heavy atom. The predicted molar refractivity (Wildman–Crippen MR) is 89.1 cm³/mol. The van der Waals surface area contributed by atoms with Crippen LogP contribution in [0.15, 0.2) is 54.6 Å². The number of hydrogen-bond donors (Lipinski definition) is 0. The molecule has 0 radical (unpaired) electrons. The van der Waals surface area contributed by atoms with Crippen LogP contribution in [0.25, 0.3) is 17.3 Å². The Balaban J connectivity index is 1.72. The van der Waals surface area contributed by atoms with E-state index in [4.69, 9.17) is 0 Å². The van der Waals surface area contributed by atoms with Crippen LogP contribution in [0.2, 0.25) is 0 Å². The molecule has 0 unspecified atom stereocenters. The van der Waals surface area contributed by atoms with Crippen LogP contribution >= 0.6 is 0 Å². The van der Waals surface area contributed by atoms with Crippen LogP contribution in [0.5, 0.6) is 0 Å². The van der Waals surface area contributed by atoms with E-state index < -0.39 is 0 Å². The zero-order chi connectivity index (χ0) is 15.2. The van der Waals surface area contributed by atoms with Gasteiger partial charge in [-0.25, -0.2) is 4.98 Å². The predicted octanol–water partition coefficient (Wildman–Crippen LogP) is 3.77. The van der Waals surface area contributed by atoms with Gasteiger partial charge in [-0.1, -0.05) is 36.4 Å². The second-order valence-corrected chi connectivity index (χ2v) is 5.53. The van der Waals surface area contributed by atoms with Gasteiger partial charge in [0, 0.05) is 24.7 Å². The number of pyridine rings is 1. The van der Waals surface area contributed by atoms with E-state index in [-0.39, 0.29) is 5.91 Å². The Morgan fingerprint density at radius 1 is 0.955 bits per heavy atom. The molecule has 22 heavy (non-hydrogen) atoms. The Bertz CT molecular complexity index is 658. The Labute approximate surface area is 131 Å². The first kappa shape index (κ1) is 14.5. The monoisotopic (exact) mass is 292 g/mol. The minimum Gasteiger partial charge on any atom is -0.339 e. The van der Waals surface area contributed by atoms with Crippen molar-refractivity contribution < 1.29 is 4.79 Å². The van der Waals surface area contributed by atoms with Gasteiger partial charge in [-0.2, -0.15) is 0 Å². The second kappa shape index (κ2) is 7.03. The Morgan fingerprint density at radius 2 is 1.73 bits per heavy atom.